The summed E-state index contributed by atoms with van der Waals surface area (Å²) in [5, 5.41) is 7.00. The number of halogens is 4. The van der Waals surface area contributed by atoms with Crippen molar-refractivity contribution in [3.8, 4) is 0 Å². The van der Waals surface area contributed by atoms with Gasteiger partial charge in [-0.25, -0.2) is 0 Å². The average molecular weight is 1230 g/mol. The molecule has 9 unspecified atom stereocenters. The van der Waals surface area contributed by atoms with E-state index in [1.807, 2.05) is 6.92 Å². The first-order chi connectivity index (χ1) is 39.7. The van der Waals surface area contributed by atoms with Crippen molar-refractivity contribution in [1.29, 1.82) is 0 Å². The van der Waals surface area contributed by atoms with Gasteiger partial charge in [-0.1, -0.05) is 71.3 Å². The monoisotopic (exact) mass is 1230 g/mol. The molecular weight excluding hydrogens is 1130 g/mol. The number of Topliss-reactive ketones (excluding diaryl/α,β-unsaturated/α-hetero) is 1. The van der Waals surface area contributed by atoms with Crippen LogP contribution in [0.2, 0.25) is 0 Å². The molecule has 4 aliphatic rings. The number of methoxy groups -OCH3 is 2. The molecule has 84 heavy (non-hydrogen) atoms. The van der Waals surface area contributed by atoms with Crippen molar-refractivity contribution in [2.45, 2.75) is 243 Å². The van der Waals surface area contributed by atoms with E-state index in [1.165, 1.54) is 35.2 Å². The summed E-state index contributed by atoms with van der Waals surface area (Å²) in [6.07, 6.45) is 18.1. The number of carbonyl (C=O) groups is 7. The van der Waals surface area contributed by atoms with Crippen LogP contribution in [0.15, 0.2) is 12.2 Å². The number of ether oxygens (including phenoxy) is 8. The van der Waals surface area contributed by atoms with Crippen molar-refractivity contribution < 1.29 is 119 Å². The van der Waals surface area contributed by atoms with Crippen molar-refractivity contribution in [2.24, 2.45) is 23.7 Å². The minimum absolute atomic E-state index is 0. The first kappa shape index (κ1) is 82.8. The number of unbranched alkanes of at least 4 members (excludes halogenated alkanes) is 8. The molecule has 0 radical (unpaired) electrons. The molecule has 2 saturated heterocycles. The standard InChI is InChI=1S/C28H44F2O7.C21H34O7.C9H17F2O2P.CH4O.Li.O2.H/c1-4-5-17-28(29,30)25(32)16-15-22-21(12-8-6-7-9-13-26(33)34-3)23(36-20(2)31)19-24(22)37-27-14-10-11-18-35-27;1-15(23)27-18-13-19(28-21-11-7-8-12-26-21)17(14-22)16(18)9-5-3-4-6-10-20(24)25-2;1-4-5-6-9(10,11)8(12)7-14(3)13-2;1-2;;1-2;/h15-16,21-24,27H,4-14,17-19H2,1-3H3;14,16-19,21H,3-13H2,1-2H3;4-7H2,1-3H3;2H,1H3;;;/q;;;;+1;;-1/b16-15+;;;;;;/t21?,22-,23?,24?,27?;16?,17-,18?,19?,21?;;;;;/m11...../s1. The second-order valence-corrected chi connectivity index (χ2v) is 23.1. The number of ketones is 2. The summed E-state index contributed by atoms with van der Waals surface area (Å²) in [7, 11) is 4.17. The Bertz CT molecular complexity index is 1850. The Morgan fingerprint density at radius 1 is 0.619 bits per heavy atom. The molecule has 2 heterocycles. The third kappa shape index (κ3) is 34.3. The Morgan fingerprint density at radius 2 is 1.04 bits per heavy atom. The Labute approximate surface area is 510 Å². The maximum atomic E-state index is 14.3. The molecule has 25 heteroatoms. The minimum atomic E-state index is -3.40. The van der Waals surface area contributed by atoms with Crippen molar-refractivity contribution in [2.75, 3.05) is 54.5 Å². The predicted octanol–water partition coefficient (Wildman–Crippen LogP) is 8.96. The molecule has 1 N–H and O–H groups in total. The quantitative estimate of drug-likeness (QED) is 0.00921. The van der Waals surface area contributed by atoms with E-state index in [1.54, 1.807) is 19.7 Å². The molecule has 4 fully saturated rings. The van der Waals surface area contributed by atoms with Crippen LogP contribution in [-0.2, 0) is 76.0 Å². The molecule has 0 amide bonds. The van der Waals surface area contributed by atoms with Gasteiger partial charge in [-0.15, -0.1) is 0 Å². The summed E-state index contributed by atoms with van der Waals surface area (Å²) in [5.74, 6) is -10.8. The van der Waals surface area contributed by atoms with Crippen LogP contribution in [0.4, 0.5) is 17.6 Å². The zero-order valence-electron chi connectivity index (χ0n) is 52.8. The minimum Gasteiger partial charge on any atom is -1.00 e. The van der Waals surface area contributed by atoms with Crippen LogP contribution >= 0.6 is 8.15 Å². The van der Waals surface area contributed by atoms with E-state index >= 15 is 0 Å². The molecule has 0 aromatic carbocycles. The largest absolute Gasteiger partial charge is 1.00 e. The van der Waals surface area contributed by atoms with Crippen LogP contribution in [0.5, 0.6) is 0 Å². The number of carbonyl (C=O) groups excluding carboxylic acids is 7. The van der Waals surface area contributed by atoms with E-state index in [0.29, 0.717) is 64.6 Å². The summed E-state index contributed by atoms with van der Waals surface area (Å²) in [4.78, 5) is 95.2. The van der Waals surface area contributed by atoms with Gasteiger partial charge in [-0.2, -0.15) is 17.6 Å². The molecule has 19 nitrogen and oxygen atoms in total. The maximum Gasteiger partial charge on any atom is 1.00 e. The van der Waals surface area contributed by atoms with Crippen LogP contribution in [-0.4, -0.2) is 150 Å². The summed E-state index contributed by atoms with van der Waals surface area (Å²) in [6.45, 7) is 9.34. The van der Waals surface area contributed by atoms with Crippen molar-refractivity contribution in [1.82, 2.24) is 0 Å². The normalized spacial score (nSPS) is 24.1. The van der Waals surface area contributed by atoms with Gasteiger partial charge in [0.1, 0.15) is 18.5 Å². The fraction of sp³-hybridized carbons (Fsp3) is 0.847. The molecule has 0 aromatic heterocycles. The number of esters is 4. The van der Waals surface area contributed by atoms with Gasteiger partial charge in [0.2, 0.25) is 11.6 Å². The Balaban J connectivity index is -0.00000124. The van der Waals surface area contributed by atoms with E-state index in [-0.39, 0.29) is 99.4 Å². The molecule has 2 aliphatic carbocycles. The van der Waals surface area contributed by atoms with Gasteiger partial charge in [-0.3, -0.25) is 28.8 Å². The van der Waals surface area contributed by atoms with Gasteiger partial charge in [0.05, 0.1) is 32.6 Å². The smallest absolute Gasteiger partial charge is 1.00 e. The maximum absolute atomic E-state index is 14.3. The molecule has 0 bridgehead atoms. The number of aliphatic hydroxyl groups excluding tert-OH is 1. The summed E-state index contributed by atoms with van der Waals surface area (Å²) in [6, 6.07) is 0. The van der Waals surface area contributed by atoms with Crippen LogP contribution in [0.3, 0.4) is 0 Å². The zero-order valence-corrected chi connectivity index (χ0v) is 52.7. The van der Waals surface area contributed by atoms with Crippen molar-refractivity contribution in [3.05, 3.63) is 22.1 Å². The number of hydrogen-bond donors (Lipinski definition) is 1. The van der Waals surface area contributed by atoms with Gasteiger partial charge in [0.15, 0.2) is 12.6 Å². The number of allylic oxidation sites excluding steroid dienone is 1. The van der Waals surface area contributed by atoms with E-state index < -0.39 is 62.4 Å². The third-order valence-corrected chi connectivity index (χ3v) is 16.2. The Hall–Kier alpha value is -3.26. The number of rotatable bonds is 34. The molecule has 11 atom stereocenters. The van der Waals surface area contributed by atoms with Gasteiger partial charge >= 0.3 is 54.6 Å². The Morgan fingerprint density at radius 3 is 1.42 bits per heavy atom. The fourth-order valence-corrected chi connectivity index (χ4v) is 11.1. The number of aldehydes is 1. The number of aliphatic hydroxyl groups is 1. The second-order valence-electron chi connectivity index (χ2n) is 21.1. The topological polar surface area (TPSA) is 257 Å². The van der Waals surface area contributed by atoms with Crippen LogP contribution < -0.4 is 18.9 Å². The summed E-state index contributed by atoms with van der Waals surface area (Å²) < 4.78 is 104. The molecular formula is C59H100F4LiO19P. The summed E-state index contributed by atoms with van der Waals surface area (Å²) >= 11 is 0. The molecule has 484 valence electrons. The fourth-order valence-electron chi connectivity index (χ4n) is 10.4. The molecule has 2 saturated carbocycles. The Kier molecular flexibility index (Phi) is 48.0. The van der Waals surface area contributed by atoms with E-state index in [0.717, 1.165) is 116 Å². The van der Waals surface area contributed by atoms with Gasteiger partial charge < -0.3 is 53.7 Å². The van der Waals surface area contributed by atoms with Gasteiger partial charge in [0.25, 0.3) is 0 Å². The molecule has 0 aromatic rings. The first-order valence-electron chi connectivity index (χ1n) is 29.5. The predicted molar refractivity (Wildman–Crippen MR) is 306 cm³/mol. The second kappa shape index (κ2) is 48.7. The third-order valence-electron chi connectivity index (χ3n) is 14.8. The van der Waals surface area contributed by atoms with Crippen LogP contribution in [0, 0.1) is 33.6 Å². The number of hydrogen-bond acceptors (Lipinski definition) is 19. The first-order valence-corrected chi connectivity index (χ1v) is 31.4. The molecule has 0 spiro atoms. The molecule has 2 aliphatic heterocycles. The SMILES string of the molecule is CCCCC(F)(F)C(=O)/C=C/[C@H]1C(OC2CCCCO2)CC(OC(C)=O)C1CCCCCCC(=O)OC.CCCCC(F)(F)C(=O)CP(C)OC.CO.COC(=O)CCCCCCC1C(OC(C)=O)CC(OC2CCCCO2)[C@@H]1C=O.O=O.[H-].[Li+]. The summed E-state index contributed by atoms with van der Waals surface area (Å²) in [5.41, 5.74) is 0. The molecule has 4 rings (SSSR count). The zero-order chi connectivity index (χ0) is 62.8. The van der Waals surface area contributed by atoms with E-state index in [2.05, 4.69) is 9.47 Å². The van der Waals surface area contributed by atoms with Gasteiger partial charge in [0, 0.05) is 122 Å². The van der Waals surface area contributed by atoms with Gasteiger partial charge in [-0.05, 0) is 89.8 Å². The van der Waals surface area contributed by atoms with Crippen LogP contribution in [0.25, 0.3) is 0 Å². The van der Waals surface area contributed by atoms with Crippen molar-refractivity contribution in [3.63, 3.8) is 0 Å². The average Bonchev–Trinajstić information content (AvgIpc) is 3.79. The van der Waals surface area contributed by atoms with Crippen molar-refractivity contribution >= 4 is 49.9 Å². The van der Waals surface area contributed by atoms with E-state index in [4.69, 9.17) is 48.0 Å². The van der Waals surface area contributed by atoms with E-state index in [9.17, 15) is 51.1 Å². The number of alkyl halides is 4. The van der Waals surface area contributed by atoms with Crippen LogP contribution in [0.1, 0.15) is 196 Å².